The third-order valence-corrected chi connectivity index (χ3v) is 3.55. The normalized spacial score (nSPS) is 10.7. The molecule has 106 valence electrons. The Morgan fingerprint density at radius 3 is 2.81 bits per heavy atom. The standard InChI is InChI=1S/C16H14ClN3O/c17-14-2-1-12-5-9-20(15(12)11-14)10-8-19-16(21)13-3-6-18-7-4-13/h1-7,9,11H,8,10H2,(H,19,21). The molecule has 0 radical (unpaired) electrons. The highest BCUT2D eigenvalue weighted by Crippen LogP contribution is 2.20. The van der Waals surface area contributed by atoms with Gasteiger partial charge in [0, 0.05) is 47.8 Å². The summed E-state index contributed by atoms with van der Waals surface area (Å²) in [7, 11) is 0. The summed E-state index contributed by atoms with van der Waals surface area (Å²) in [6, 6.07) is 11.2. The Bertz CT molecular complexity index is 768. The van der Waals surface area contributed by atoms with Crippen molar-refractivity contribution in [3.05, 3.63) is 65.6 Å². The van der Waals surface area contributed by atoms with Crippen molar-refractivity contribution in [2.24, 2.45) is 0 Å². The molecule has 0 saturated heterocycles. The molecule has 3 aromatic rings. The summed E-state index contributed by atoms with van der Waals surface area (Å²) in [5, 5.41) is 4.75. The largest absolute Gasteiger partial charge is 0.350 e. The number of nitrogens with zero attached hydrogens (tertiary/aromatic N) is 2. The molecular formula is C16H14ClN3O. The van der Waals surface area contributed by atoms with Gasteiger partial charge in [0.15, 0.2) is 0 Å². The molecule has 0 unspecified atom stereocenters. The lowest BCUT2D eigenvalue weighted by atomic mass is 10.2. The lowest BCUT2D eigenvalue weighted by Crippen LogP contribution is -2.27. The van der Waals surface area contributed by atoms with Crippen molar-refractivity contribution in [3.8, 4) is 0 Å². The number of aromatic nitrogens is 2. The van der Waals surface area contributed by atoms with Crippen molar-refractivity contribution in [2.45, 2.75) is 6.54 Å². The van der Waals surface area contributed by atoms with Crippen LogP contribution in [0, 0.1) is 0 Å². The van der Waals surface area contributed by atoms with Gasteiger partial charge in [0.25, 0.3) is 5.91 Å². The van der Waals surface area contributed by atoms with E-state index in [9.17, 15) is 4.79 Å². The Morgan fingerprint density at radius 1 is 1.19 bits per heavy atom. The second-order valence-electron chi connectivity index (χ2n) is 4.70. The molecule has 0 atom stereocenters. The highest BCUT2D eigenvalue weighted by molar-refractivity contribution is 6.31. The maximum Gasteiger partial charge on any atom is 0.251 e. The first-order valence-corrected chi connectivity index (χ1v) is 7.04. The van der Waals surface area contributed by atoms with Gasteiger partial charge in [-0.2, -0.15) is 0 Å². The quantitative estimate of drug-likeness (QED) is 0.804. The summed E-state index contributed by atoms with van der Waals surface area (Å²) in [5.41, 5.74) is 1.69. The molecule has 0 spiro atoms. The van der Waals surface area contributed by atoms with Crippen LogP contribution in [0.4, 0.5) is 0 Å². The minimum absolute atomic E-state index is 0.0908. The summed E-state index contributed by atoms with van der Waals surface area (Å²) in [6.45, 7) is 1.25. The minimum atomic E-state index is -0.0908. The van der Waals surface area contributed by atoms with Crippen LogP contribution in [0.2, 0.25) is 5.02 Å². The fourth-order valence-electron chi connectivity index (χ4n) is 2.25. The van der Waals surface area contributed by atoms with Crippen molar-refractivity contribution >= 4 is 28.4 Å². The summed E-state index contributed by atoms with van der Waals surface area (Å²) in [6.07, 6.45) is 5.21. The number of nitrogens with one attached hydrogen (secondary N) is 1. The van der Waals surface area contributed by atoms with Crippen LogP contribution in [-0.4, -0.2) is 22.0 Å². The maximum absolute atomic E-state index is 11.9. The molecule has 0 fully saturated rings. The van der Waals surface area contributed by atoms with Crippen LogP contribution in [0.5, 0.6) is 0 Å². The van der Waals surface area contributed by atoms with E-state index in [0.29, 0.717) is 23.7 Å². The van der Waals surface area contributed by atoms with Crippen LogP contribution < -0.4 is 5.32 Å². The number of hydrogen-bond donors (Lipinski definition) is 1. The number of halogens is 1. The van der Waals surface area contributed by atoms with Gasteiger partial charge in [0.1, 0.15) is 0 Å². The van der Waals surface area contributed by atoms with E-state index >= 15 is 0 Å². The molecule has 1 N–H and O–H groups in total. The van der Waals surface area contributed by atoms with E-state index in [1.54, 1.807) is 24.5 Å². The Kier molecular flexibility index (Phi) is 3.88. The van der Waals surface area contributed by atoms with Crippen molar-refractivity contribution in [2.75, 3.05) is 6.54 Å². The Balaban J connectivity index is 1.65. The van der Waals surface area contributed by atoms with E-state index in [1.165, 1.54) is 0 Å². The van der Waals surface area contributed by atoms with Crippen LogP contribution in [-0.2, 0) is 6.54 Å². The van der Waals surface area contributed by atoms with E-state index in [1.807, 2.05) is 30.5 Å². The van der Waals surface area contributed by atoms with Crippen LogP contribution in [0.25, 0.3) is 10.9 Å². The predicted molar refractivity (Wildman–Crippen MR) is 83.5 cm³/mol. The SMILES string of the molecule is O=C(NCCn1ccc2ccc(Cl)cc21)c1ccncc1. The first-order chi connectivity index (χ1) is 10.2. The van der Waals surface area contributed by atoms with Gasteiger partial charge >= 0.3 is 0 Å². The summed E-state index contributed by atoms with van der Waals surface area (Å²) >= 11 is 6.02. The van der Waals surface area contributed by atoms with Crippen LogP contribution in [0.15, 0.2) is 55.0 Å². The number of amides is 1. The Hall–Kier alpha value is -2.33. The number of fused-ring (bicyclic) bond motifs is 1. The van der Waals surface area contributed by atoms with Crippen molar-refractivity contribution in [1.82, 2.24) is 14.9 Å². The van der Waals surface area contributed by atoms with Gasteiger partial charge in [0.2, 0.25) is 0 Å². The molecule has 1 amide bonds. The Morgan fingerprint density at radius 2 is 2.00 bits per heavy atom. The van der Waals surface area contributed by atoms with E-state index in [-0.39, 0.29) is 5.91 Å². The molecule has 0 bridgehead atoms. The fraction of sp³-hybridized carbons (Fsp3) is 0.125. The van der Waals surface area contributed by atoms with E-state index < -0.39 is 0 Å². The topological polar surface area (TPSA) is 46.9 Å². The zero-order valence-corrected chi connectivity index (χ0v) is 12.0. The number of carbonyl (C=O) groups is 1. The molecule has 0 aliphatic rings. The van der Waals surface area contributed by atoms with Crippen molar-refractivity contribution < 1.29 is 4.79 Å². The smallest absolute Gasteiger partial charge is 0.251 e. The van der Waals surface area contributed by atoms with Crippen LogP contribution in [0.1, 0.15) is 10.4 Å². The van der Waals surface area contributed by atoms with Gasteiger partial charge in [-0.15, -0.1) is 0 Å². The molecule has 21 heavy (non-hydrogen) atoms. The van der Waals surface area contributed by atoms with E-state index in [0.717, 1.165) is 10.9 Å². The molecule has 5 heteroatoms. The minimum Gasteiger partial charge on any atom is -0.350 e. The van der Waals surface area contributed by atoms with E-state index in [4.69, 9.17) is 11.6 Å². The van der Waals surface area contributed by atoms with Crippen LogP contribution in [0.3, 0.4) is 0 Å². The number of carbonyl (C=O) groups excluding carboxylic acids is 1. The lowest BCUT2D eigenvalue weighted by Gasteiger charge is -2.08. The van der Waals surface area contributed by atoms with Gasteiger partial charge < -0.3 is 9.88 Å². The number of pyridine rings is 1. The summed E-state index contributed by atoms with van der Waals surface area (Å²) < 4.78 is 2.08. The monoisotopic (exact) mass is 299 g/mol. The van der Waals surface area contributed by atoms with Gasteiger partial charge in [-0.1, -0.05) is 17.7 Å². The maximum atomic E-state index is 11.9. The molecule has 2 aromatic heterocycles. The average Bonchev–Trinajstić information content (AvgIpc) is 2.90. The third-order valence-electron chi connectivity index (χ3n) is 3.32. The molecule has 2 heterocycles. The second-order valence-corrected chi connectivity index (χ2v) is 5.14. The Labute approximate surface area is 127 Å². The highest BCUT2D eigenvalue weighted by atomic mass is 35.5. The van der Waals surface area contributed by atoms with Crippen molar-refractivity contribution in [3.63, 3.8) is 0 Å². The zero-order chi connectivity index (χ0) is 14.7. The molecule has 0 aliphatic heterocycles. The number of hydrogen-bond acceptors (Lipinski definition) is 2. The first-order valence-electron chi connectivity index (χ1n) is 6.67. The average molecular weight is 300 g/mol. The summed E-state index contributed by atoms with van der Waals surface area (Å²) in [4.78, 5) is 15.8. The van der Waals surface area contributed by atoms with Gasteiger partial charge in [0.05, 0.1) is 0 Å². The van der Waals surface area contributed by atoms with Gasteiger partial charge in [-0.3, -0.25) is 9.78 Å². The molecular weight excluding hydrogens is 286 g/mol. The lowest BCUT2D eigenvalue weighted by molar-refractivity contribution is 0.0952. The fourth-order valence-corrected chi connectivity index (χ4v) is 2.41. The molecule has 0 aliphatic carbocycles. The van der Waals surface area contributed by atoms with Crippen LogP contribution >= 0.6 is 11.6 Å². The van der Waals surface area contributed by atoms with Gasteiger partial charge in [-0.25, -0.2) is 0 Å². The third kappa shape index (κ3) is 3.06. The number of benzene rings is 1. The van der Waals surface area contributed by atoms with Gasteiger partial charge in [-0.05, 0) is 35.7 Å². The molecule has 4 nitrogen and oxygen atoms in total. The molecule has 3 rings (SSSR count). The van der Waals surface area contributed by atoms with E-state index in [2.05, 4.69) is 14.9 Å². The summed E-state index contributed by atoms with van der Waals surface area (Å²) in [5.74, 6) is -0.0908. The first kappa shape index (κ1) is 13.6. The molecule has 0 saturated carbocycles. The highest BCUT2D eigenvalue weighted by Gasteiger charge is 2.05. The second kappa shape index (κ2) is 5.97. The van der Waals surface area contributed by atoms with Crippen molar-refractivity contribution in [1.29, 1.82) is 0 Å². The predicted octanol–water partition coefficient (Wildman–Crippen LogP) is 3.12. The molecule has 1 aromatic carbocycles. The number of rotatable bonds is 4. The zero-order valence-electron chi connectivity index (χ0n) is 11.3.